The van der Waals surface area contributed by atoms with Crippen LogP contribution in [0.15, 0.2) is 77.5 Å². The van der Waals surface area contributed by atoms with Crippen LogP contribution < -0.4 is 0 Å². The summed E-state index contributed by atoms with van der Waals surface area (Å²) in [7, 11) is 0. The lowest BCUT2D eigenvalue weighted by Gasteiger charge is -2.22. The van der Waals surface area contributed by atoms with E-state index in [4.69, 9.17) is 4.42 Å². The molecule has 33 heavy (non-hydrogen) atoms. The zero-order valence-corrected chi connectivity index (χ0v) is 20.0. The van der Waals surface area contributed by atoms with Gasteiger partial charge in [0.15, 0.2) is 5.76 Å². The predicted octanol–water partition coefficient (Wildman–Crippen LogP) is 8.21. The second-order valence-electron chi connectivity index (χ2n) is 10.4. The monoisotopic (exact) mass is 434 g/mol. The van der Waals surface area contributed by atoms with Crippen molar-refractivity contribution in [2.24, 2.45) is 5.92 Å². The average Bonchev–Trinajstić information content (AvgIpc) is 3.21. The molecule has 2 heterocycles. The Hall–Kier alpha value is -3.46. The van der Waals surface area contributed by atoms with E-state index >= 15 is 0 Å². The lowest BCUT2D eigenvalue weighted by Crippen LogP contribution is -2.12. The van der Waals surface area contributed by atoms with E-state index in [-0.39, 0.29) is 5.41 Å². The van der Waals surface area contributed by atoms with E-state index in [1.165, 1.54) is 21.9 Å². The number of hydrogen-bond donors (Lipinski definition) is 0. The summed E-state index contributed by atoms with van der Waals surface area (Å²) >= 11 is 0. The molecular formula is C30H30N2O. The van der Waals surface area contributed by atoms with Gasteiger partial charge in [0.05, 0.1) is 5.69 Å². The molecule has 0 bridgehead atoms. The van der Waals surface area contributed by atoms with E-state index < -0.39 is 0 Å². The summed E-state index contributed by atoms with van der Waals surface area (Å²) in [5.74, 6) is 1.38. The minimum atomic E-state index is 0.0257. The Morgan fingerprint density at radius 2 is 1.61 bits per heavy atom. The van der Waals surface area contributed by atoms with Crippen molar-refractivity contribution >= 4 is 21.7 Å². The molecule has 3 nitrogen and oxygen atoms in total. The van der Waals surface area contributed by atoms with Crippen LogP contribution in [-0.4, -0.2) is 9.97 Å². The van der Waals surface area contributed by atoms with Crippen molar-refractivity contribution < 1.29 is 4.42 Å². The van der Waals surface area contributed by atoms with Crippen LogP contribution in [0.25, 0.3) is 44.5 Å². The van der Waals surface area contributed by atoms with Crippen LogP contribution in [0, 0.1) is 5.92 Å². The molecule has 0 fully saturated rings. The highest BCUT2D eigenvalue weighted by atomic mass is 16.3. The Morgan fingerprint density at radius 3 is 2.39 bits per heavy atom. The molecule has 0 unspecified atom stereocenters. The molecule has 2 aromatic heterocycles. The van der Waals surface area contributed by atoms with Crippen LogP contribution in [0.3, 0.4) is 0 Å². The first-order chi connectivity index (χ1) is 15.8. The number of fused-ring (bicyclic) bond motifs is 2. The third kappa shape index (κ3) is 4.28. The van der Waals surface area contributed by atoms with Crippen molar-refractivity contribution in [3.05, 3.63) is 84.2 Å². The van der Waals surface area contributed by atoms with Crippen LogP contribution in [0.5, 0.6) is 0 Å². The minimum absolute atomic E-state index is 0.0257. The number of nitrogens with zero attached hydrogens (tertiary/aromatic N) is 2. The van der Waals surface area contributed by atoms with Gasteiger partial charge < -0.3 is 4.42 Å². The summed E-state index contributed by atoms with van der Waals surface area (Å²) in [6, 6.07) is 23.6. The van der Waals surface area contributed by atoms with Gasteiger partial charge in [-0.1, -0.05) is 71.0 Å². The number of aromatic nitrogens is 2. The van der Waals surface area contributed by atoms with Crippen LogP contribution in [0.4, 0.5) is 0 Å². The van der Waals surface area contributed by atoms with E-state index in [2.05, 4.69) is 105 Å². The summed E-state index contributed by atoms with van der Waals surface area (Å²) < 4.78 is 6.23. The Morgan fingerprint density at radius 1 is 0.818 bits per heavy atom. The fraction of sp³-hybridized carbons (Fsp3) is 0.267. The molecule has 0 saturated carbocycles. The number of benzene rings is 3. The second-order valence-corrected chi connectivity index (χ2v) is 10.4. The molecule has 0 spiro atoms. The maximum Gasteiger partial charge on any atom is 0.153 e. The fourth-order valence-electron chi connectivity index (χ4n) is 4.53. The summed E-state index contributed by atoms with van der Waals surface area (Å²) in [5, 5.41) is 3.61. The third-order valence-corrected chi connectivity index (χ3v) is 6.11. The maximum atomic E-state index is 6.23. The van der Waals surface area contributed by atoms with E-state index in [0.29, 0.717) is 5.92 Å². The summed E-state index contributed by atoms with van der Waals surface area (Å²) in [5.41, 5.74) is 6.34. The normalized spacial score (nSPS) is 12.2. The van der Waals surface area contributed by atoms with Crippen molar-refractivity contribution in [2.75, 3.05) is 0 Å². The Kier molecular flexibility index (Phi) is 5.28. The zero-order chi connectivity index (χ0) is 23.2. The zero-order valence-electron chi connectivity index (χ0n) is 20.0. The highest BCUT2D eigenvalue weighted by molar-refractivity contribution is 5.91. The van der Waals surface area contributed by atoms with Gasteiger partial charge in [-0.15, -0.1) is 0 Å². The topological polar surface area (TPSA) is 38.9 Å². The molecule has 166 valence electrons. The quantitative estimate of drug-likeness (QED) is 0.286. The summed E-state index contributed by atoms with van der Waals surface area (Å²) in [6.07, 6.45) is 2.68. The smallest absolute Gasteiger partial charge is 0.153 e. The van der Waals surface area contributed by atoms with E-state index in [1.807, 2.05) is 6.07 Å². The number of rotatable bonds is 4. The molecule has 3 aromatic carbocycles. The molecule has 0 aliphatic rings. The summed E-state index contributed by atoms with van der Waals surface area (Å²) in [6.45, 7) is 11.2. The molecule has 0 aliphatic carbocycles. The number of hydrogen-bond acceptors (Lipinski definition) is 3. The van der Waals surface area contributed by atoms with Crippen LogP contribution in [-0.2, 0) is 11.8 Å². The fourth-order valence-corrected chi connectivity index (χ4v) is 4.53. The molecule has 0 amide bonds. The van der Waals surface area contributed by atoms with Crippen molar-refractivity contribution in [1.82, 2.24) is 9.97 Å². The summed E-state index contributed by atoms with van der Waals surface area (Å²) in [4.78, 5) is 9.14. The van der Waals surface area contributed by atoms with Crippen molar-refractivity contribution in [2.45, 2.75) is 46.5 Å². The van der Waals surface area contributed by atoms with Gasteiger partial charge in [-0.05, 0) is 70.0 Å². The standard InChI is InChI=1S/C30H30N2O/c1-19(2)12-20-10-11-22-16-29(33-28(22)13-20)27-17-26(31-18-32-27)23-14-21-8-6-7-9-24(21)25(15-23)30(3,4)5/h6-11,13-19H,12H2,1-5H3. The van der Waals surface area contributed by atoms with Crippen molar-refractivity contribution in [1.29, 1.82) is 0 Å². The van der Waals surface area contributed by atoms with Gasteiger partial charge >= 0.3 is 0 Å². The molecule has 0 radical (unpaired) electrons. The van der Waals surface area contributed by atoms with E-state index in [1.54, 1.807) is 6.33 Å². The highest BCUT2D eigenvalue weighted by Gasteiger charge is 2.19. The molecular weight excluding hydrogens is 404 g/mol. The first kappa shape index (κ1) is 21.4. The van der Waals surface area contributed by atoms with E-state index in [0.717, 1.165) is 40.1 Å². The molecule has 0 atom stereocenters. The van der Waals surface area contributed by atoms with E-state index in [9.17, 15) is 0 Å². The Balaban J connectivity index is 1.58. The van der Waals surface area contributed by atoms with Gasteiger partial charge in [-0.3, -0.25) is 0 Å². The molecule has 5 aromatic rings. The minimum Gasteiger partial charge on any atom is -0.454 e. The first-order valence-corrected chi connectivity index (χ1v) is 11.7. The van der Waals surface area contributed by atoms with Gasteiger partial charge in [0, 0.05) is 10.9 Å². The second kappa shape index (κ2) is 8.15. The third-order valence-electron chi connectivity index (χ3n) is 6.11. The highest BCUT2D eigenvalue weighted by Crippen LogP contribution is 2.35. The van der Waals surface area contributed by atoms with Gasteiger partial charge in [-0.25, -0.2) is 9.97 Å². The van der Waals surface area contributed by atoms with Gasteiger partial charge in [-0.2, -0.15) is 0 Å². The SMILES string of the molecule is CC(C)Cc1ccc2cc(-c3cc(-c4cc(C(C)(C)C)c5ccccc5c4)ncn3)oc2c1. The van der Waals surface area contributed by atoms with Crippen molar-refractivity contribution in [3.8, 4) is 22.7 Å². The maximum absolute atomic E-state index is 6.23. The molecule has 0 saturated heterocycles. The van der Waals surface area contributed by atoms with Gasteiger partial charge in [0.25, 0.3) is 0 Å². The van der Waals surface area contributed by atoms with Gasteiger partial charge in [0.1, 0.15) is 17.6 Å². The molecule has 5 rings (SSSR count). The average molecular weight is 435 g/mol. The predicted molar refractivity (Wildman–Crippen MR) is 137 cm³/mol. The van der Waals surface area contributed by atoms with Crippen molar-refractivity contribution in [3.63, 3.8) is 0 Å². The number of furan rings is 1. The molecule has 0 aliphatic heterocycles. The lowest BCUT2D eigenvalue weighted by molar-refractivity contribution is 0.596. The van der Waals surface area contributed by atoms with Crippen LogP contribution >= 0.6 is 0 Å². The largest absolute Gasteiger partial charge is 0.454 e. The molecule has 0 N–H and O–H groups in total. The van der Waals surface area contributed by atoms with Gasteiger partial charge in [0.2, 0.25) is 0 Å². The Bertz CT molecular complexity index is 1450. The lowest BCUT2D eigenvalue weighted by atomic mass is 9.82. The molecule has 3 heteroatoms. The van der Waals surface area contributed by atoms with Crippen LogP contribution in [0.2, 0.25) is 0 Å². The van der Waals surface area contributed by atoms with Crippen LogP contribution in [0.1, 0.15) is 45.7 Å². The Labute approximate surface area is 195 Å². The first-order valence-electron chi connectivity index (χ1n) is 11.7.